The van der Waals surface area contributed by atoms with E-state index in [1.54, 1.807) is 17.4 Å². The molecule has 1 aromatic rings. The fourth-order valence-corrected chi connectivity index (χ4v) is 2.13. The van der Waals surface area contributed by atoms with Crippen molar-refractivity contribution in [2.24, 2.45) is 0 Å². The second kappa shape index (κ2) is 4.38. The third-order valence-electron chi connectivity index (χ3n) is 2.97. The summed E-state index contributed by atoms with van der Waals surface area (Å²) in [5.41, 5.74) is 5.80. The van der Waals surface area contributed by atoms with Crippen LogP contribution in [-0.4, -0.2) is 33.4 Å². The average Bonchev–Trinajstić information content (AvgIpc) is 2.74. The van der Waals surface area contributed by atoms with Crippen molar-refractivity contribution in [3.63, 3.8) is 0 Å². The molecule has 2 rings (SSSR count). The van der Waals surface area contributed by atoms with E-state index in [1.807, 2.05) is 4.57 Å². The monoisotopic (exact) mass is 220 g/mol. The van der Waals surface area contributed by atoms with Crippen LogP contribution in [0.2, 0.25) is 0 Å². The molecule has 0 aliphatic carbocycles. The third-order valence-corrected chi connectivity index (χ3v) is 2.97. The number of amides is 1. The van der Waals surface area contributed by atoms with Gasteiger partial charge in [-0.2, -0.15) is 0 Å². The van der Waals surface area contributed by atoms with Crippen LogP contribution in [0, 0.1) is 0 Å². The molecule has 1 atom stereocenters. The first-order chi connectivity index (χ1) is 7.72. The summed E-state index contributed by atoms with van der Waals surface area (Å²) in [6, 6.07) is 0.236. The Morgan fingerprint density at radius 2 is 2.50 bits per heavy atom. The Morgan fingerprint density at radius 1 is 1.69 bits per heavy atom. The van der Waals surface area contributed by atoms with Crippen molar-refractivity contribution in [2.75, 3.05) is 18.8 Å². The van der Waals surface area contributed by atoms with E-state index in [1.165, 1.54) is 6.08 Å². The summed E-state index contributed by atoms with van der Waals surface area (Å²) in [5.74, 6) is 0.640. The second-order valence-electron chi connectivity index (χ2n) is 4.01. The van der Waals surface area contributed by atoms with Crippen molar-refractivity contribution >= 4 is 11.7 Å². The number of hydrogen-bond acceptors (Lipinski definition) is 3. The number of likely N-dealkylation sites (tertiary alicyclic amines) is 1. The summed E-state index contributed by atoms with van der Waals surface area (Å²) in [5, 5.41) is 0. The van der Waals surface area contributed by atoms with Gasteiger partial charge in [0.2, 0.25) is 5.91 Å². The molecular formula is C11H16N4O. The zero-order valence-electron chi connectivity index (χ0n) is 9.17. The number of nitrogen functional groups attached to an aromatic ring is 1. The third kappa shape index (κ3) is 1.93. The highest BCUT2D eigenvalue weighted by atomic mass is 16.2. The van der Waals surface area contributed by atoms with Crippen molar-refractivity contribution in [3.8, 4) is 0 Å². The standard InChI is InChI=1S/C11H16N4O/c1-2-11(16)14-5-3-4-9(7-14)15-8-13-6-10(15)12/h2,6,8-9H,1,3-5,7,12H2. The SMILES string of the molecule is C=CC(=O)N1CCCC(n2cncc2N)C1. The van der Waals surface area contributed by atoms with Gasteiger partial charge in [-0.25, -0.2) is 4.98 Å². The number of nitrogens with zero attached hydrogens (tertiary/aromatic N) is 3. The molecule has 0 saturated carbocycles. The van der Waals surface area contributed by atoms with Gasteiger partial charge in [-0.1, -0.05) is 6.58 Å². The van der Waals surface area contributed by atoms with Crippen LogP contribution in [-0.2, 0) is 4.79 Å². The first-order valence-electron chi connectivity index (χ1n) is 5.41. The average molecular weight is 220 g/mol. The molecule has 0 aromatic carbocycles. The summed E-state index contributed by atoms with van der Waals surface area (Å²) < 4.78 is 1.93. The Bertz CT molecular complexity index is 398. The zero-order valence-corrected chi connectivity index (χ0v) is 9.17. The Hall–Kier alpha value is -1.78. The topological polar surface area (TPSA) is 64.2 Å². The van der Waals surface area contributed by atoms with Gasteiger partial charge in [0.05, 0.1) is 18.6 Å². The predicted molar refractivity (Wildman–Crippen MR) is 61.7 cm³/mol. The fourth-order valence-electron chi connectivity index (χ4n) is 2.13. The highest BCUT2D eigenvalue weighted by Gasteiger charge is 2.23. The molecule has 1 amide bonds. The maximum absolute atomic E-state index is 11.5. The molecule has 5 heteroatoms. The molecule has 1 saturated heterocycles. The summed E-state index contributed by atoms with van der Waals surface area (Å²) in [4.78, 5) is 17.3. The number of rotatable bonds is 2. The molecule has 5 nitrogen and oxygen atoms in total. The Labute approximate surface area is 94.6 Å². The van der Waals surface area contributed by atoms with E-state index in [0.29, 0.717) is 12.4 Å². The number of carbonyl (C=O) groups is 1. The predicted octanol–water partition coefficient (Wildman–Crippen LogP) is 0.815. The van der Waals surface area contributed by atoms with E-state index < -0.39 is 0 Å². The van der Waals surface area contributed by atoms with Crippen LogP contribution < -0.4 is 5.73 Å². The van der Waals surface area contributed by atoms with Gasteiger partial charge in [0, 0.05) is 13.1 Å². The van der Waals surface area contributed by atoms with E-state index in [-0.39, 0.29) is 11.9 Å². The first kappa shape index (κ1) is 10.7. The van der Waals surface area contributed by atoms with Crippen LogP contribution in [0.4, 0.5) is 5.82 Å². The number of anilines is 1. The second-order valence-corrected chi connectivity index (χ2v) is 4.01. The molecule has 86 valence electrons. The van der Waals surface area contributed by atoms with Crippen molar-refractivity contribution in [1.29, 1.82) is 0 Å². The van der Waals surface area contributed by atoms with E-state index in [9.17, 15) is 4.79 Å². The lowest BCUT2D eigenvalue weighted by atomic mass is 10.1. The molecule has 0 spiro atoms. The maximum Gasteiger partial charge on any atom is 0.246 e. The van der Waals surface area contributed by atoms with Crippen molar-refractivity contribution in [1.82, 2.24) is 14.5 Å². The van der Waals surface area contributed by atoms with Gasteiger partial charge in [0.1, 0.15) is 5.82 Å². The van der Waals surface area contributed by atoms with E-state index in [0.717, 1.165) is 19.4 Å². The summed E-state index contributed by atoms with van der Waals surface area (Å²) in [6.45, 7) is 4.99. The van der Waals surface area contributed by atoms with Gasteiger partial charge >= 0.3 is 0 Å². The molecule has 1 aromatic heterocycles. The van der Waals surface area contributed by atoms with Gasteiger partial charge in [-0.15, -0.1) is 0 Å². The van der Waals surface area contributed by atoms with Gasteiger partial charge in [0.15, 0.2) is 0 Å². The molecular weight excluding hydrogens is 204 g/mol. The van der Waals surface area contributed by atoms with Crippen LogP contribution in [0.3, 0.4) is 0 Å². The molecule has 1 fully saturated rings. The zero-order chi connectivity index (χ0) is 11.5. The molecule has 1 unspecified atom stereocenters. The van der Waals surface area contributed by atoms with Crippen LogP contribution in [0.5, 0.6) is 0 Å². The van der Waals surface area contributed by atoms with Crippen molar-refractivity contribution < 1.29 is 4.79 Å². The number of aromatic nitrogens is 2. The minimum Gasteiger partial charge on any atom is -0.384 e. The summed E-state index contributed by atoms with van der Waals surface area (Å²) in [6.07, 6.45) is 6.74. The first-order valence-corrected chi connectivity index (χ1v) is 5.41. The minimum atomic E-state index is -0.0108. The van der Waals surface area contributed by atoms with E-state index in [2.05, 4.69) is 11.6 Å². The molecule has 2 heterocycles. The van der Waals surface area contributed by atoms with Crippen molar-refractivity contribution in [3.05, 3.63) is 25.2 Å². The minimum absolute atomic E-state index is 0.0108. The number of hydrogen-bond donors (Lipinski definition) is 1. The van der Waals surface area contributed by atoms with Gasteiger partial charge in [-0.05, 0) is 18.9 Å². The summed E-state index contributed by atoms with van der Waals surface area (Å²) in [7, 11) is 0. The fraction of sp³-hybridized carbons (Fsp3) is 0.455. The largest absolute Gasteiger partial charge is 0.384 e. The molecule has 0 bridgehead atoms. The van der Waals surface area contributed by atoms with Gasteiger partial charge in [-0.3, -0.25) is 4.79 Å². The van der Waals surface area contributed by atoms with Crippen LogP contribution in [0.1, 0.15) is 18.9 Å². The van der Waals surface area contributed by atoms with E-state index >= 15 is 0 Å². The number of imidazole rings is 1. The molecule has 1 aliphatic rings. The number of nitrogens with two attached hydrogens (primary N) is 1. The highest BCUT2D eigenvalue weighted by Crippen LogP contribution is 2.23. The molecule has 0 radical (unpaired) electrons. The maximum atomic E-state index is 11.5. The van der Waals surface area contributed by atoms with E-state index in [4.69, 9.17) is 5.73 Å². The smallest absolute Gasteiger partial charge is 0.246 e. The normalized spacial score (nSPS) is 20.8. The summed E-state index contributed by atoms with van der Waals surface area (Å²) >= 11 is 0. The lowest BCUT2D eigenvalue weighted by Crippen LogP contribution is -2.39. The van der Waals surface area contributed by atoms with Crippen LogP contribution in [0.15, 0.2) is 25.2 Å². The van der Waals surface area contributed by atoms with Crippen molar-refractivity contribution in [2.45, 2.75) is 18.9 Å². The molecule has 1 aliphatic heterocycles. The van der Waals surface area contributed by atoms with Gasteiger partial charge < -0.3 is 15.2 Å². The van der Waals surface area contributed by atoms with Gasteiger partial charge in [0.25, 0.3) is 0 Å². The van der Waals surface area contributed by atoms with Crippen LogP contribution >= 0.6 is 0 Å². The highest BCUT2D eigenvalue weighted by molar-refractivity contribution is 5.87. The number of carbonyl (C=O) groups excluding carboxylic acids is 1. The quantitative estimate of drug-likeness (QED) is 0.750. The molecule has 2 N–H and O–H groups in total. The Balaban J connectivity index is 2.10. The van der Waals surface area contributed by atoms with Crippen LogP contribution in [0.25, 0.3) is 0 Å². The molecule has 16 heavy (non-hydrogen) atoms. The Morgan fingerprint density at radius 3 is 3.12 bits per heavy atom. The lowest BCUT2D eigenvalue weighted by Gasteiger charge is -2.33. The Kier molecular flexibility index (Phi) is 2.94. The lowest BCUT2D eigenvalue weighted by molar-refractivity contribution is -0.127. The number of piperidine rings is 1.